The van der Waals surface area contributed by atoms with E-state index in [0.717, 1.165) is 47.2 Å². The third-order valence-electron chi connectivity index (χ3n) is 5.76. The average Bonchev–Trinajstić information content (AvgIpc) is 3.32. The van der Waals surface area contributed by atoms with E-state index in [0.29, 0.717) is 30.3 Å². The Morgan fingerprint density at radius 2 is 2.03 bits per heavy atom. The minimum absolute atomic E-state index is 0.0928. The molecule has 32 heavy (non-hydrogen) atoms. The smallest absolute Gasteiger partial charge is 0.253 e. The lowest BCUT2D eigenvalue weighted by Crippen LogP contribution is -2.42. The van der Waals surface area contributed by atoms with Gasteiger partial charge in [0, 0.05) is 30.8 Å². The number of hydrogen-bond donors (Lipinski definition) is 2. The summed E-state index contributed by atoms with van der Waals surface area (Å²) in [5.41, 5.74) is 3.63. The van der Waals surface area contributed by atoms with Crippen molar-refractivity contribution in [1.82, 2.24) is 15.2 Å². The van der Waals surface area contributed by atoms with Crippen LogP contribution in [0.15, 0.2) is 53.3 Å². The van der Waals surface area contributed by atoms with Crippen LogP contribution >= 0.6 is 12.2 Å². The highest BCUT2D eigenvalue weighted by molar-refractivity contribution is 7.80. The van der Waals surface area contributed by atoms with Crippen LogP contribution in [0.2, 0.25) is 0 Å². The zero-order valence-electron chi connectivity index (χ0n) is 18.5. The highest BCUT2D eigenvalue weighted by atomic mass is 32.1. The number of nitrogens with one attached hydrogen (secondary N) is 2. The lowest BCUT2D eigenvalue weighted by molar-refractivity contribution is 0.113. The number of fused-ring (bicyclic) bond motifs is 1. The van der Waals surface area contributed by atoms with E-state index in [1.807, 2.05) is 60.4 Å². The lowest BCUT2D eigenvalue weighted by Gasteiger charge is -2.27. The largest absolute Gasteiger partial charge is 0.497 e. The summed E-state index contributed by atoms with van der Waals surface area (Å²) in [7, 11) is 1.65. The highest BCUT2D eigenvalue weighted by Crippen LogP contribution is 2.17. The molecule has 3 aromatic rings. The Labute approximate surface area is 193 Å². The van der Waals surface area contributed by atoms with Gasteiger partial charge in [-0.3, -0.25) is 4.79 Å². The molecule has 6 nitrogen and oxygen atoms in total. The number of nitrogens with zero attached hydrogens (tertiary/aromatic N) is 1. The summed E-state index contributed by atoms with van der Waals surface area (Å²) in [4.78, 5) is 17.9. The molecule has 0 radical (unpaired) electrons. The molecule has 1 fully saturated rings. The van der Waals surface area contributed by atoms with Crippen molar-refractivity contribution in [3.05, 3.63) is 75.6 Å². The molecule has 2 aromatic carbocycles. The first-order valence-electron chi connectivity index (χ1n) is 10.9. The van der Waals surface area contributed by atoms with Crippen LogP contribution in [0.4, 0.5) is 0 Å². The molecule has 1 aliphatic heterocycles. The highest BCUT2D eigenvalue weighted by Gasteiger charge is 2.18. The first-order chi connectivity index (χ1) is 15.5. The van der Waals surface area contributed by atoms with E-state index in [1.165, 1.54) is 0 Å². The summed E-state index contributed by atoms with van der Waals surface area (Å²) in [6.45, 7) is 4.47. The lowest BCUT2D eigenvalue weighted by atomic mass is 10.1. The average molecular weight is 452 g/mol. The number of hydrogen-bond acceptors (Lipinski definition) is 4. The van der Waals surface area contributed by atoms with Gasteiger partial charge in [-0.15, -0.1) is 0 Å². The second kappa shape index (κ2) is 10.1. The van der Waals surface area contributed by atoms with E-state index >= 15 is 0 Å². The molecule has 0 amide bonds. The van der Waals surface area contributed by atoms with Crippen LogP contribution in [-0.4, -0.2) is 41.4 Å². The number of ether oxygens (including phenoxy) is 2. The van der Waals surface area contributed by atoms with Crippen molar-refractivity contribution in [3.63, 3.8) is 0 Å². The fourth-order valence-corrected chi connectivity index (χ4v) is 4.16. The number of aromatic nitrogens is 1. The van der Waals surface area contributed by atoms with Gasteiger partial charge in [-0.1, -0.05) is 24.3 Å². The number of aryl methyl sites for hydroxylation is 1. The van der Waals surface area contributed by atoms with Crippen molar-refractivity contribution in [2.75, 3.05) is 20.3 Å². The molecule has 0 saturated carbocycles. The molecular weight excluding hydrogens is 422 g/mol. The summed E-state index contributed by atoms with van der Waals surface area (Å²) in [6.07, 6.45) is 2.31. The summed E-state index contributed by atoms with van der Waals surface area (Å²) < 4.78 is 11.0. The molecule has 0 bridgehead atoms. The van der Waals surface area contributed by atoms with Crippen LogP contribution in [0.25, 0.3) is 10.9 Å². The van der Waals surface area contributed by atoms with Gasteiger partial charge in [0.05, 0.1) is 19.8 Å². The van der Waals surface area contributed by atoms with Crippen LogP contribution < -0.4 is 15.6 Å². The van der Waals surface area contributed by atoms with Crippen LogP contribution in [0.5, 0.6) is 5.75 Å². The molecule has 0 aliphatic carbocycles. The topological polar surface area (TPSA) is 66.6 Å². The molecule has 1 atom stereocenters. The molecule has 0 unspecified atom stereocenters. The van der Waals surface area contributed by atoms with Gasteiger partial charge in [0.15, 0.2) is 5.11 Å². The van der Waals surface area contributed by atoms with Gasteiger partial charge in [0.2, 0.25) is 0 Å². The van der Waals surface area contributed by atoms with Gasteiger partial charge in [-0.2, -0.15) is 0 Å². The fourth-order valence-electron chi connectivity index (χ4n) is 3.95. The third-order valence-corrected chi connectivity index (χ3v) is 6.17. The zero-order chi connectivity index (χ0) is 22.5. The maximum atomic E-state index is 12.8. The minimum atomic E-state index is -0.0928. The molecule has 4 rings (SSSR count). The van der Waals surface area contributed by atoms with Crippen LogP contribution in [0, 0.1) is 6.92 Å². The Balaban J connectivity index is 1.56. The fraction of sp³-hybridized carbons (Fsp3) is 0.360. The zero-order valence-corrected chi connectivity index (χ0v) is 19.3. The molecule has 2 N–H and O–H groups in total. The number of methoxy groups -OCH3 is 1. The molecule has 1 saturated heterocycles. The molecule has 7 heteroatoms. The number of thiocarbonyl (C=S) groups is 1. The van der Waals surface area contributed by atoms with E-state index in [4.69, 9.17) is 21.7 Å². The van der Waals surface area contributed by atoms with Gasteiger partial charge >= 0.3 is 0 Å². The van der Waals surface area contributed by atoms with Crippen LogP contribution in [0.1, 0.15) is 29.5 Å². The van der Waals surface area contributed by atoms with Crippen molar-refractivity contribution in [2.45, 2.75) is 39.0 Å². The van der Waals surface area contributed by atoms with Gasteiger partial charge < -0.3 is 24.7 Å². The van der Waals surface area contributed by atoms with E-state index < -0.39 is 0 Å². The SMILES string of the molecule is COc1ccc(CN(Cc2cc3ccc(C)cc3[nH]c2=O)C(=S)NC[C@@H]2CCCO2)cc1. The normalized spacial score (nSPS) is 15.6. The van der Waals surface area contributed by atoms with Gasteiger partial charge in [-0.05, 0) is 72.8 Å². The second-order valence-electron chi connectivity index (χ2n) is 8.24. The quantitative estimate of drug-likeness (QED) is 0.531. The number of aromatic amines is 1. The van der Waals surface area contributed by atoms with Crippen molar-refractivity contribution >= 4 is 28.2 Å². The summed E-state index contributed by atoms with van der Waals surface area (Å²) >= 11 is 5.74. The Morgan fingerprint density at radius 1 is 1.22 bits per heavy atom. The van der Waals surface area contributed by atoms with Gasteiger partial charge in [-0.25, -0.2) is 0 Å². The number of pyridine rings is 1. The van der Waals surface area contributed by atoms with Crippen molar-refractivity contribution in [3.8, 4) is 5.75 Å². The standard InChI is InChI=1S/C25H29N3O3S/c1-17-5-8-19-13-20(24(29)27-23(19)12-17)16-28(15-18-6-9-21(30-2)10-7-18)25(32)26-14-22-4-3-11-31-22/h5-10,12-13,22H,3-4,11,14-16H2,1-2H3,(H,26,32)(H,27,29)/t22-/m0/s1. The molecule has 0 spiro atoms. The Bertz CT molecular complexity index is 1140. The Morgan fingerprint density at radius 3 is 2.75 bits per heavy atom. The van der Waals surface area contributed by atoms with Crippen molar-refractivity contribution in [2.24, 2.45) is 0 Å². The molecular formula is C25H29N3O3S. The Kier molecular flexibility index (Phi) is 7.07. The molecule has 2 heterocycles. The monoisotopic (exact) mass is 451 g/mol. The second-order valence-corrected chi connectivity index (χ2v) is 8.63. The first-order valence-corrected chi connectivity index (χ1v) is 11.3. The summed E-state index contributed by atoms with van der Waals surface area (Å²) in [5.74, 6) is 0.806. The maximum Gasteiger partial charge on any atom is 0.253 e. The summed E-state index contributed by atoms with van der Waals surface area (Å²) in [6, 6.07) is 15.9. The number of benzene rings is 2. The predicted molar refractivity (Wildman–Crippen MR) is 131 cm³/mol. The number of H-pyrrole nitrogens is 1. The third kappa shape index (κ3) is 5.47. The minimum Gasteiger partial charge on any atom is -0.497 e. The predicted octanol–water partition coefficient (Wildman–Crippen LogP) is 3.90. The van der Waals surface area contributed by atoms with Gasteiger partial charge in [0.25, 0.3) is 5.56 Å². The number of rotatable bonds is 7. The molecule has 1 aliphatic rings. The van der Waals surface area contributed by atoms with Crippen LogP contribution in [0.3, 0.4) is 0 Å². The van der Waals surface area contributed by atoms with E-state index in [2.05, 4.69) is 10.3 Å². The Hall–Kier alpha value is -2.90. The first kappa shape index (κ1) is 22.3. The van der Waals surface area contributed by atoms with Crippen molar-refractivity contribution < 1.29 is 9.47 Å². The molecule has 168 valence electrons. The summed E-state index contributed by atoms with van der Waals surface area (Å²) in [5, 5.41) is 4.97. The molecule has 1 aromatic heterocycles. The van der Waals surface area contributed by atoms with Crippen LogP contribution in [-0.2, 0) is 17.8 Å². The van der Waals surface area contributed by atoms with E-state index in [1.54, 1.807) is 7.11 Å². The van der Waals surface area contributed by atoms with E-state index in [-0.39, 0.29) is 11.7 Å². The van der Waals surface area contributed by atoms with E-state index in [9.17, 15) is 4.79 Å². The maximum absolute atomic E-state index is 12.8. The van der Waals surface area contributed by atoms with Crippen molar-refractivity contribution in [1.29, 1.82) is 0 Å². The van der Waals surface area contributed by atoms with Gasteiger partial charge in [0.1, 0.15) is 5.75 Å².